The van der Waals surface area contributed by atoms with Crippen LogP contribution in [-0.2, 0) is 28.9 Å². The Morgan fingerprint density at radius 1 is 0.923 bits per heavy atom. The predicted octanol–water partition coefficient (Wildman–Crippen LogP) is 2.16. The van der Waals surface area contributed by atoms with Gasteiger partial charge in [0.1, 0.15) is 5.70 Å². The lowest BCUT2D eigenvalue weighted by molar-refractivity contribution is -0.138. The van der Waals surface area contributed by atoms with Gasteiger partial charge in [-0.05, 0) is 24.3 Å². The molecule has 0 saturated heterocycles. The van der Waals surface area contributed by atoms with Crippen LogP contribution < -0.4 is 5.32 Å². The van der Waals surface area contributed by atoms with Crippen LogP contribution in [0.1, 0.15) is 0 Å². The third-order valence-corrected chi connectivity index (χ3v) is 5.20. The smallest absolute Gasteiger partial charge is 0.354 e. The molecular weight excluding hydrogens is 358 g/mol. The molecule has 8 heteroatoms. The van der Waals surface area contributed by atoms with Crippen molar-refractivity contribution in [2.75, 3.05) is 19.5 Å². The monoisotopic (exact) mass is 375 g/mol. The summed E-state index contributed by atoms with van der Waals surface area (Å²) in [5, 5.41) is 2.65. The molecule has 0 heterocycles. The second-order valence-corrected chi connectivity index (χ2v) is 6.93. The van der Waals surface area contributed by atoms with Crippen molar-refractivity contribution in [3.05, 3.63) is 66.4 Å². The summed E-state index contributed by atoms with van der Waals surface area (Å²) in [6.45, 7) is 0. The van der Waals surface area contributed by atoms with Crippen LogP contribution in [0.25, 0.3) is 0 Å². The first-order chi connectivity index (χ1) is 12.4. The van der Waals surface area contributed by atoms with E-state index in [4.69, 9.17) is 0 Å². The third kappa shape index (κ3) is 4.28. The molecule has 0 bridgehead atoms. The number of anilines is 1. The minimum absolute atomic E-state index is 0.0501. The molecule has 0 amide bonds. The Morgan fingerprint density at radius 3 is 2.15 bits per heavy atom. The lowest BCUT2D eigenvalue weighted by Crippen LogP contribution is -2.17. The van der Waals surface area contributed by atoms with Gasteiger partial charge in [0.05, 0.1) is 35.8 Å². The molecule has 0 fully saturated rings. The molecule has 0 aliphatic carbocycles. The first-order valence-corrected chi connectivity index (χ1v) is 8.92. The van der Waals surface area contributed by atoms with Crippen molar-refractivity contribution in [2.45, 2.75) is 9.79 Å². The predicted molar refractivity (Wildman–Crippen MR) is 94.1 cm³/mol. The standard InChI is InChI=1S/C18H17NO6S/c1-24-17(20)12-15(18(21)25-2)19-14-10-6-7-11-16(14)26(22,23)13-8-4-3-5-9-13/h3-12,19H,1-2H3/b15-12+. The Kier molecular flexibility index (Phi) is 6.13. The van der Waals surface area contributed by atoms with Crippen molar-refractivity contribution < 1.29 is 27.5 Å². The highest BCUT2D eigenvalue weighted by Gasteiger charge is 2.23. The van der Waals surface area contributed by atoms with E-state index in [0.717, 1.165) is 20.3 Å². The number of methoxy groups -OCH3 is 2. The zero-order valence-electron chi connectivity index (χ0n) is 14.1. The lowest BCUT2D eigenvalue weighted by Gasteiger charge is -2.14. The Bertz CT molecular complexity index is 935. The Hall–Kier alpha value is -3.13. The number of para-hydroxylation sites is 1. The number of hydrogen-bond acceptors (Lipinski definition) is 7. The van der Waals surface area contributed by atoms with Gasteiger partial charge in [-0.3, -0.25) is 0 Å². The normalized spacial score (nSPS) is 11.5. The Labute approximate surface area is 151 Å². The van der Waals surface area contributed by atoms with Crippen molar-refractivity contribution in [2.24, 2.45) is 0 Å². The SMILES string of the molecule is COC(=O)/C=C(/Nc1ccccc1S(=O)(=O)c1ccccc1)C(=O)OC. The number of carbonyl (C=O) groups excluding carboxylic acids is 2. The summed E-state index contributed by atoms with van der Waals surface area (Å²) in [7, 11) is -1.54. The van der Waals surface area contributed by atoms with E-state index >= 15 is 0 Å². The van der Waals surface area contributed by atoms with E-state index in [1.54, 1.807) is 30.3 Å². The highest BCUT2D eigenvalue weighted by Crippen LogP contribution is 2.28. The molecule has 0 radical (unpaired) electrons. The molecule has 136 valence electrons. The van der Waals surface area contributed by atoms with Crippen LogP contribution in [0.2, 0.25) is 0 Å². The van der Waals surface area contributed by atoms with Gasteiger partial charge in [-0.1, -0.05) is 30.3 Å². The summed E-state index contributed by atoms with van der Waals surface area (Å²) in [5.74, 6) is -1.64. The number of nitrogens with one attached hydrogen (secondary N) is 1. The molecule has 0 aromatic heterocycles. The molecule has 1 N–H and O–H groups in total. The first kappa shape index (κ1) is 19.2. The molecule has 0 aliphatic rings. The van der Waals surface area contributed by atoms with E-state index < -0.39 is 21.8 Å². The van der Waals surface area contributed by atoms with Gasteiger partial charge in [0.25, 0.3) is 0 Å². The number of ether oxygens (including phenoxy) is 2. The molecule has 2 aromatic carbocycles. The van der Waals surface area contributed by atoms with Crippen LogP contribution in [-0.4, -0.2) is 34.6 Å². The fourth-order valence-electron chi connectivity index (χ4n) is 2.11. The van der Waals surface area contributed by atoms with Gasteiger partial charge in [-0.15, -0.1) is 0 Å². The second kappa shape index (κ2) is 8.30. The minimum Gasteiger partial charge on any atom is -0.466 e. The summed E-state index contributed by atoms with van der Waals surface area (Å²) in [5.41, 5.74) is -0.132. The Balaban J connectivity index is 2.51. The topological polar surface area (TPSA) is 98.8 Å². The summed E-state index contributed by atoms with van der Waals surface area (Å²) in [6.07, 6.45) is 0.887. The molecule has 2 rings (SSSR count). The number of hydrogen-bond donors (Lipinski definition) is 1. The van der Waals surface area contributed by atoms with Gasteiger partial charge >= 0.3 is 11.9 Å². The fraction of sp³-hybridized carbons (Fsp3) is 0.111. The molecule has 0 unspecified atom stereocenters. The molecule has 7 nitrogen and oxygen atoms in total. The second-order valence-electron chi connectivity index (χ2n) is 5.01. The average Bonchev–Trinajstić information content (AvgIpc) is 2.67. The fourth-order valence-corrected chi connectivity index (χ4v) is 3.54. The van der Waals surface area contributed by atoms with Crippen LogP contribution >= 0.6 is 0 Å². The molecule has 0 atom stereocenters. The molecule has 0 saturated carbocycles. The van der Waals surface area contributed by atoms with Crippen LogP contribution in [0.3, 0.4) is 0 Å². The van der Waals surface area contributed by atoms with Gasteiger partial charge < -0.3 is 14.8 Å². The maximum Gasteiger partial charge on any atom is 0.354 e. The number of benzene rings is 2. The average molecular weight is 375 g/mol. The summed E-state index contributed by atoms with van der Waals surface area (Å²) in [6, 6.07) is 13.9. The van der Waals surface area contributed by atoms with Crippen LogP contribution in [0.4, 0.5) is 5.69 Å². The molecular formula is C18H17NO6S. The molecule has 2 aromatic rings. The molecule has 0 aliphatic heterocycles. The van der Waals surface area contributed by atoms with Gasteiger partial charge in [0.2, 0.25) is 9.84 Å². The van der Waals surface area contributed by atoms with E-state index in [0.29, 0.717) is 0 Å². The molecule has 0 spiro atoms. The van der Waals surface area contributed by atoms with Gasteiger partial charge in [0.15, 0.2) is 0 Å². The van der Waals surface area contributed by atoms with Crippen molar-refractivity contribution in [1.29, 1.82) is 0 Å². The van der Waals surface area contributed by atoms with Crippen LogP contribution in [0.5, 0.6) is 0 Å². The lowest BCUT2D eigenvalue weighted by atomic mass is 10.3. The summed E-state index contributed by atoms with van der Waals surface area (Å²) < 4.78 is 34.9. The van der Waals surface area contributed by atoms with E-state index in [1.165, 1.54) is 24.3 Å². The van der Waals surface area contributed by atoms with Gasteiger partial charge in [-0.25, -0.2) is 18.0 Å². The van der Waals surface area contributed by atoms with E-state index in [2.05, 4.69) is 14.8 Å². The maximum absolute atomic E-state index is 12.9. The number of carbonyl (C=O) groups is 2. The zero-order valence-corrected chi connectivity index (χ0v) is 14.9. The quantitative estimate of drug-likeness (QED) is 0.610. The summed E-state index contributed by atoms with van der Waals surface area (Å²) in [4.78, 5) is 23.4. The first-order valence-electron chi connectivity index (χ1n) is 7.44. The van der Waals surface area contributed by atoms with E-state index in [9.17, 15) is 18.0 Å². The minimum atomic E-state index is -3.84. The highest BCUT2D eigenvalue weighted by atomic mass is 32.2. The van der Waals surface area contributed by atoms with Gasteiger partial charge in [0, 0.05) is 0 Å². The van der Waals surface area contributed by atoms with E-state index in [1.807, 2.05) is 0 Å². The third-order valence-electron chi connectivity index (χ3n) is 3.37. The van der Waals surface area contributed by atoms with Gasteiger partial charge in [-0.2, -0.15) is 0 Å². The van der Waals surface area contributed by atoms with Crippen molar-refractivity contribution in [3.63, 3.8) is 0 Å². The highest BCUT2D eigenvalue weighted by molar-refractivity contribution is 7.91. The van der Waals surface area contributed by atoms with Crippen LogP contribution in [0.15, 0.2) is 76.2 Å². The summed E-state index contributed by atoms with van der Waals surface area (Å²) >= 11 is 0. The van der Waals surface area contributed by atoms with Crippen molar-refractivity contribution >= 4 is 27.5 Å². The number of sulfone groups is 1. The number of rotatable bonds is 6. The number of esters is 2. The Morgan fingerprint density at radius 2 is 1.54 bits per heavy atom. The molecule has 26 heavy (non-hydrogen) atoms. The van der Waals surface area contributed by atoms with Crippen molar-refractivity contribution in [3.8, 4) is 0 Å². The van der Waals surface area contributed by atoms with Crippen molar-refractivity contribution in [1.82, 2.24) is 0 Å². The zero-order chi connectivity index (χ0) is 19.2. The van der Waals surface area contributed by atoms with E-state index in [-0.39, 0.29) is 21.2 Å². The largest absolute Gasteiger partial charge is 0.466 e. The van der Waals surface area contributed by atoms with Crippen LogP contribution in [0, 0.1) is 0 Å². The maximum atomic E-state index is 12.9.